The van der Waals surface area contributed by atoms with Gasteiger partial charge in [0, 0.05) is 9.86 Å². The van der Waals surface area contributed by atoms with Crippen LogP contribution >= 0.6 is 15.9 Å². The molecule has 0 saturated heterocycles. The molecule has 0 aliphatic carbocycles. The Kier molecular flexibility index (Phi) is 5.96. The molecule has 0 bridgehead atoms. The molecule has 0 unspecified atom stereocenters. The Morgan fingerprint density at radius 3 is 2.52 bits per heavy atom. The van der Waals surface area contributed by atoms with Gasteiger partial charge in [-0.1, -0.05) is 29.8 Å². The van der Waals surface area contributed by atoms with Gasteiger partial charge in [0.15, 0.2) is 0 Å². The van der Waals surface area contributed by atoms with Gasteiger partial charge in [-0.25, -0.2) is 0 Å². The lowest BCUT2D eigenvalue weighted by Crippen LogP contribution is -2.26. The summed E-state index contributed by atoms with van der Waals surface area (Å²) in [6.07, 6.45) is 0. The van der Waals surface area contributed by atoms with Crippen LogP contribution in [0.5, 0.6) is 0 Å². The van der Waals surface area contributed by atoms with Crippen LogP contribution in [-0.4, -0.2) is 21.4 Å². The highest BCUT2D eigenvalue weighted by atomic mass is 79.9. The van der Waals surface area contributed by atoms with Crippen molar-refractivity contribution in [2.24, 2.45) is 0 Å². The molecule has 0 aliphatic heterocycles. The molecule has 0 spiro atoms. The molecule has 4 nitrogen and oxygen atoms in total. The number of hydrogen-bond donors (Lipinski definition) is 0. The van der Waals surface area contributed by atoms with Crippen LogP contribution in [0.2, 0.25) is 0 Å². The Morgan fingerprint density at radius 2 is 1.95 bits per heavy atom. The number of carbonyl (C=O) groups is 1. The Hall–Kier alpha value is -1.36. The van der Waals surface area contributed by atoms with Gasteiger partial charge in [-0.05, 0) is 45.9 Å². The number of rotatable bonds is 2. The van der Waals surface area contributed by atoms with Crippen LogP contribution in [0.1, 0.15) is 40.3 Å². The van der Waals surface area contributed by atoms with Crippen LogP contribution < -0.4 is 0 Å². The summed E-state index contributed by atoms with van der Waals surface area (Å²) in [7, 11) is 0. The first-order valence-electron chi connectivity index (χ1n) is 7.11. The third kappa shape index (κ3) is 4.84. The molecule has 0 saturated carbocycles. The number of hydrogen-bond acceptors (Lipinski definition) is 3. The van der Waals surface area contributed by atoms with E-state index in [0.717, 1.165) is 21.1 Å². The first kappa shape index (κ1) is 17.7. The van der Waals surface area contributed by atoms with Crippen LogP contribution in [0, 0.1) is 6.92 Å². The molecule has 0 atom stereocenters. The van der Waals surface area contributed by atoms with Crippen LogP contribution in [0.15, 0.2) is 22.7 Å². The fourth-order valence-corrected chi connectivity index (χ4v) is 2.28. The van der Waals surface area contributed by atoms with Crippen molar-refractivity contribution in [1.82, 2.24) is 9.78 Å². The predicted octanol–water partition coefficient (Wildman–Crippen LogP) is 4.48. The van der Waals surface area contributed by atoms with E-state index in [1.54, 1.807) is 4.68 Å². The van der Waals surface area contributed by atoms with Gasteiger partial charge in [-0.15, -0.1) is 0 Å². The number of aromatic nitrogens is 2. The standard InChI is InChI=1S/C14H17BrN2O2.C2H6/c1-9-11-6-5-10(15)7-12(11)17(16-9)8-13(18)19-14(2,3)4;1-2/h5-7H,8H2,1-4H3;1-2H3. The molecule has 1 aromatic carbocycles. The van der Waals surface area contributed by atoms with E-state index in [1.807, 2.05) is 59.7 Å². The van der Waals surface area contributed by atoms with Crippen molar-refractivity contribution in [1.29, 1.82) is 0 Å². The number of halogens is 1. The van der Waals surface area contributed by atoms with Crippen LogP contribution in [-0.2, 0) is 16.1 Å². The van der Waals surface area contributed by atoms with Crippen molar-refractivity contribution >= 4 is 32.8 Å². The molecular weight excluding hydrogens is 332 g/mol. The number of nitrogens with zero attached hydrogens (tertiary/aromatic N) is 2. The SMILES string of the molecule is CC.Cc1nn(CC(=O)OC(C)(C)C)c2cc(Br)ccc12. The molecule has 0 amide bonds. The molecule has 0 fully saturated rings. The maximum Gasteiger partial charge on any atom is 0.328 e. The molecule has 2 rings (SSSR count). The van der Waals surface area contributed by atoms with Crippen LogP contribution in [0.25, 0.3) is 10.9 Å². The summed E-state index contributed by atoms with van der Waals surface area (Å²) in [4.78, 5) is 11.9. The van der Waals surface area contributed by atoms with E-state index < -0.39 is 5.60 Å². The first-order chi connectivity index (χ1) is 9.76. The quantitative estimate of drug-likeness (QED) is 0.747. The number of esters is 1. The van der Waals surface area contributed by atoms with Gasteiger partial charge in [0.05, 0.1) is 11.2 Å². The molecule has 21 heavy (non-hydrogen) atoms. The summed E-state index contributed by atoms with van der Waals surface area (Å²) in [6.45, 7) is 11.6. The van der Waals surface area contributed by atoms with Gasteiger partial charge < -0.3 is 4.74 Å². The summed E-state index contributed by atoms with van der Waals surface area (Å²) in [5, 5.41) is 5.44. The van der Waals surface area contributed by atoms with Gasteiger partial charge in [0.25, 0.3) is 0 Å². The Balaban J connectivity index is 0.00000106. The minimum atomic E-state index is -0.477. The number of benzene rings is 1. The van der Waals surface area contributed by atoms with E-state index in [9.17, 15) is 4.79 Å². The molecule has 5 heteroatoms. The smallest absolute Gasteiger partial charge is 0.328 e. The second-order valence-electron chi connectivity index (χ2n) is 5.49. The third-order valence-corrected chi connectivity index (χ3v) is 3.09. The largest absolute Gasteiger partial charge is 0.459 e. The highest BCUT2D eigenvalue weighted by Crippen LogP contribution is 2.22. The molecule has 0 N–H and O–H groups in total. The van der Waals surface area contributed by atoms with E-state index >= 15 is 0 Å². The van der Waals surface area contributed by atoms with Crippen molar-refractivity contribution in [3.8, 4) is 0 Å². The average Bonchev–Trinajstić information content (AvgIpc) is 2.66. The van der Waals surface area contributed by atoms with Gasteiger partial charge in [0.2, 0.25) is 0 Å². The van der Waals surface area contributed by atoms with Crippen molar-refractivity contribution in [3.05, 3.63) is 28.4 Å². The van der Waals surface area contributed by atoms with Gasteiger partial charge >= 0.3 is 5.97 Å². The maximum absolute atomic E-state index is 11.9. The number of aryl methyl sites for hydroxylation is 1. The lowest BCUT2D eigenvalue weighted by atomic mass is 10.2. The fourth-order valence-electron chi connectivity index (χ4n) is 1.93. The first-order valence-corrected chi connectivity index (χ1v) is 7.90. The summed E-state index contributed by atoms with van der Waals surface area (Å²) in [5.74, 6) is -0.281. The fraction of sp³-hybridized carbons (Fsp3) is 0.500. The second-order valence-corrected chi connectivity index (χ2v) is 6.41. The summed E-state index contributed by atoms with van der Waals surface area (Å²) in [6, 6.07) is 5.92. The summed E-state index contributed by atoms with van der Waals surface area (Å²) >= 11 is 3.43. The lowest BCUT2D eigenvalue weighted by Gasteiger charge is -2.19. The lowest BCUT2D eigenvalue weighted by molar-refractivity contribution is -0.155. The van der Waals surface area contributed by atoms with Crippen LogP contribution in [0.3, 0.4) is 0 Å². The molecule has 1 heterocycles. The van der Waals surface area contributed by atoms with Gasteiger partial charge in [0.1, 0.15) is 12.1 Å². The normalized spacial score (nSPS) is 11.0. The van der Waals surface area contributed by atoms with E-state index in [0.29, 0.717) is 0 Å². The minimum Gasteiger partial charge on any atom is -0.459 e. The number of carbonyl (C=O) groups excluding carboxylic acids is 1. The minimum absolute atomic E-state index is 0.123. The molecular formula is C16H23BrN2O2. The predicted molar refractivity (Wildman–Crippen MR) is 89.4 cm³/mol. The highest BCUT2D eigenvalue weighted by molar-refractivity contribution is 9.10. The number of ether oxygens (including phenoxy) is 1. The van der Waals surface area contributed by atoms with E-state index in [1.165, 1.54) is 0 Å². The highest BCUT2D eigenvalue weighted by Gasteiger charge is 2.18. The van der Waals surface area contributed by atoms with Gasteiger partial charge in [-0.2, -0.15) is 5.10 Å². The third-order valence-electron chi connectivity index (χ3n) is 2.60. The zero-order chi connectivity index (χ0) is 16.2. The Morgan fingerprint density at radius 1 is 1.33 bits per heavy atom. The second kappa shape index (κ2) is 7.07. The molecule has 2 aromatic rings. The molecule has 0 radical (unpaired) electrons. The Labute approximate surface area is 134 Å². The van der Waals surface area contributed by atoms with E-state index in [2.05, 4.69) is 21.0 Å². The van der Waals surface area contributed by atoms with Crippen molar-refractivity contribution < 1.29 is 9.53 Å². The summed E-state index contributed by atoms with van der Waals surface area (Å²) < 4.78 is 7.97. The van der Waals surface area contributed by atoms with E-state index in [4.69, 9.17) is 4.74 Å². The average molecular weight is 355 g/mol. The molecule has 116 valence electrons. The van der Waals surface area contributed by atoms with E-state index in [-0.39, 0.29) is 12.5 Å². The number of fused-ring (bicyclic) bond motifs is 1. The van der Waals surface area contributed by atoms with Gasteiger partial charge in [-0.3, -0.25) is 9.48 Å². The van der Waals surface area contributed by atoms with Crippen molar-refractivity contribution in [3.63, 3.8) is 0 Å². The topological polar surface area (TPSA) is 44.1 Å². The summed E-state index contributed by atoms with van der Waals surface area (Å²) in [5.41, 5.74) is 1.36. The van der Waals surface area contributed by atoms with Crippen molar-refractivity contribution in [2.45, 2.75) is 53.7 Å². The monoisotopic (exact) mass is 354 g/mol. The zero-order valence-corrected chi connectivity index (χ0v) is 15.1. The maximum atomic E-state index is 11.9. The molecule has 0 aliphatic rings. The zero-order valence-electron chi connectivity index (χ0n) is 13.5. The van der Waals surface area contributed by atoms with Crippen molar-refractivity contribution in [2.75, 3.05) is 0 Å². The van der Waals surface area contributed by atoms with Crippen LogP contribution in [0.4, 0.5) is 0 Å². The molecule has 1 aromatic heterocycles. The Bertz CT molecular complexity index is 627.